The minimum absolute atomic E-state index is 0.0142. The molecule has 50 heavy (non-hydrogen) atoms. The van der Waals surface area contributed by atoms with E-state index in [2.05, 4.69) is 5.32 Å². The lowest BCUT2D eigenvalue weighted by Crippen LogP contribution is -2.65. The van der Waals surface area contributed by atoms with Gasteiger partial charge in [-0.3, -0.25) is 19.3 Å². The lowest BCUT2D eigenvalue weighted by atomic mass is 9.57. The Bertz CT molecular complexity index is 1840. The van der Waals surface area contributed by atoms with Gasteiger partial charge in [-0.15, -0.1) is 0 Å². The first kappa shape index (κ1) is 36.4. The van der Waals surface area contributed by atoms with Crippen molar-refractivity contribution in [2.24, 2.45) is 23.0 Å². The Morgan fingerprint density at radius 3 is 2.20 bits per heavy atom. The van der Waals surface area contributed by atoms with E-state index in [9.17, 15) is 39.6 Å². The molecule has 0 spiro atoms. The van der Waals surface area contributed by atoms with E-state index in [1.54, 1.807) is 51.3 Å². The van der Waals surface area contributed by atoms with Crippen LogP contribution in [0.2, 0.25) is 0 Å². The Balaban J connectivity index is 1.64. The zero-order chi connectivity index (χ0) is 37.2. The number of anilines is 2. The topological polar surface area (TPSA) is 197 Å². The monoisotopic (exact) mass is 689 g/mol. The van der Waals surface area contributed by atoms with Gasteiger partial charge in [0.1, 0.15) is 22.8 Å². The van der Waals surface area contributed by atoms with Gasteiger partial charge >= 0.3 is 6.03 Å². The lowest BCUT2D eigenvalue weighted by Gasteiger charge is -2.50. The third-order valence-electron chi connectivity index (χ3n) is 9.87. The molecule has 1 fully saturated rings. The van der Waals surface area contributed by atoms with Crippen LogP contribution >= 0.6 is 0 Å². The van der Waals surface area contributed by atoms with Crippen LogP contribution in [0.25, 0.3) is 5.76 Å². The maximum absolute atomic E-state index is 14.3. The number of hydrogen-bond acceptors (Lipinski definition) is 10. The number of phenols is 1. The standard InChI is InChI=1S/C37H47N5O8/c1-18-9-11-21(12-10-18)39-35(49)42(17-36(2,3)4)16-20-15-24(40(5)6)22-13-19-14-23-28(41(7)8)31(45)27(34(38)48)33(47)37(23,50)32(46)25(19)30(44)26(22)29(20)43/h9-12,15,19,23,28,43-44,47,50H,13-14,16-17H2,1-8H3,(H2,38,48)(H,39,49). The zero-order valence-corrected chi connectivity index (χ0v) is 29.8. The zero-order valence-electron chi connectivity index (χ0n) is 29.8. The number of nitrogens with two attached hydrogens (primary N) is 1. The second kappa shape index (κ2) is 12.8. The summed E-state index contributed by atoms with van der Waals surface area (Å²) < 4.78 is 0. The number of hydrogen-bond donors (Lipinski definition) is 6. The molecule has 4 atom stereocenters. The minimum atomic E-state index is -2.74. The number of Topliss-reactive ketones (excluding diaryl/α,β-unsaturated/α-hetero) is 2. The molecule has 2 aromatic carbocycles. The van der Waals surface area contributed by atoms with Crippen LogP contribution in [0, 0.1) is 24.2 Å². The predicted octanol–water partition coefficient (Wildman–Crippen LogP) is 3.42. The van der Waals surface area contributed by atoms with Gasteiger partial charge in [0.05, 0.1) is 18.2 Å². The van der Waals surface area contributed by atoms with E-state index < -0.39 is 64.1 Å². The average molecular weight is 690 g/mol. The van der Waals surface area contributed by atoms with Gasteiger partial charge in [-0.05, 0) is 69.0 Å². The number of aryl methyl sites for hydroxylation is 1. The normalized spacial score (nSPS) is 23.4. The number of carbonyl (C=O) groups is 4. The third kappa shape index (κ3) is 6.09. The van der Waals surface area contributed by atoms with Crippen molar-refractivity contribution >= 4 is 40.6 Å². The highest BCUT2D eigenvalue weighted by Gasteiger charge is 2.64. The fourth-order valence-corrected chi connectivity index (χ4v) is 7.68. The number of nitrogens with one attached hydrogen (secondary N) is 1. The first-order valence-electron chi connectivity index (χ1n) is 16.5. The quantitative estimate of drug-likeness (QED) is 0.234. The van der Waals surface area contributed by atoms with Crippen LogP contribution < -0.4 is 16.0 Å². The molecular formula is C37H47N5O8. The van der Waals surface area contributed by atoms with Crippen molar-refractivity contribution in [3.05, 3.63) is 69.5 Å². The predicted molar refractivity (Wildman–Crippen MR) is 189 cm³/mol. The molecule has 5 rings (SSSR count). The molecule has 1 saturated carbocycles. The third-order valence-corrected chi connectivity index (χ3v) is 9.87. The van der Waals surface area contributed by atoms with Gasteiger partial charge in [0, 0.05) is 49.1 Å². The second-order valence-corrected chi connectivity index (χ2v) is 15.3. The summed E-state index contributed by atoms with van der Waals surface area (Å²) in [7, 11) is 6.71. The van der Waals surface area contributed by atoms with E-state index in [0.29, 0.717) is 29.0 Å². The largest absolute Gasteiger partial charge is 0.508 e. The van der Waals surface area contributed by atoms with Crippen LogP contribution in [0.3, 0.4) is 0 Å². The van der Waals surface area contributed by atoms with Crippen LogP contribution in [0.5, 0.6) is 5.75 Å². The van der Waals surface area contributed by atoms with Gasteiger partial charge in [-0.1, -0.05) is 38.5 Å². The molecule has 3 aliphatic rings. The molecule has 7 N–H and O–H groups in total. The van der Waals surface area contributed by atoms with E-state index in [1.807, 2.05) is 44.7 Å². The van der Waals surface area contributed by atoms with Crippen molar-refractivity contribution in [2.45, 2.75) is 58.7 Å². The summed E-state index contributed by atoms with van der Waals surface area (Å²) in [4.78, 5) is 58.5. The number of aliphatic hydroxyl groups excluding tert-OH is 2. The molecule has 3 amide bonds. The van der Waals surface area contributed by atoms with Crippen LogP contribution in [-0.4, -0.2) is 100 Å². The molecule has 13 heteroatoms. The fraction of sp³-hybridized carbons (Fsp3) is 0.459. The lowest BCUT2D eigenvalue weighted by molar-refractivity contribution is -0.153. The van der Waals surface area contributed by atoms with Crippen LogP contribution in [0.15, 0.2) is 47.2 Å². The fourth-order valence-electron chi connectivity index (χ4n) is 7.68. The van der Waals surface area contributed by atoms with E-state index >= 15 is 0 Å². The van der Waals surface area contributed by atoms with Gasteiger partial charge < -0.3 is 41.3 Å². The van der Waals surface area contributed by atoms with Crippen LogP contribution in [-0.2, 0) is 27.3 Å². The van der Waals surface area contributed by atoms with E-state index in [4.69, 9.17) is 5.73 Å². The molecular weight excluding hydrogens is 642 g/mol. The average Bonchev–Trinajstić information content (AvgIpc) is 2.99. The Kier molecular flexibility index (Phi) is 9.30. The number of benzene rings is 2. The van der Waals surface area contributed by atoms with Gasteiger partial charge in [0.15, 0.2) is 11.4 Å². The van der Waals surface area contributed by atoms with Gasteiger partial charge in [-0.25, -0.2) is 4.79 Å². The summed E-state index contributed by atoms with van der Waals surface area (Å²) >= 11 is 0. The molecule has 0 bridgehead atoms. The van der Waals surface area contributed by atoms with Gasteiger partial charge in [0.2, 0.25) is 5.78 Å². The van der Waals surface area contributed by atoms with Crippen molar-refractivity contribution in [2.75, 3.05) is 45.0 Å². The van der Waals surface area contributed by atoms with Crippen molar-refractivity contribution in [3.8, 4) is 5.75 Å². The van der Waals surface area contributed by atoms with Crippen LogP contribution in [0.1, 0.15) is 49.4 Å². The number of aliphatic hydroxyl groups is 3. The van der Waals surface area contributed by atoms with Gasteiger partial charge in [0.25, 0.3) is 5.91 Å². The minimum Gasteiger partial charge on any atom is -0.508 e. The van der Waals surface area contributed by atoms with Crippen molar-refractivity contribution in [1.82, 2.24) is 9.80 Å². The first-order chi connectivity index (χ1) is 23.2. The van der Waals surface area contributed by atoms with Crippen LogP contribution in [0.4, 0.5) is 16.2 Å². The molecule has 268 valence electrons. The van der Waals surface area contributed by atoms with E-state index in [0.717, 1.165) is 5.56 Å². The highest BCUT2D eigenvalue weighted by atomic mass is 16.3. The number of carbonyl (C=O) groups excluding carboxylic acids is 4. The van der Waals surface area contributed by atoms with Crippen molar-refractivity contribution in [3.63, 3.8) is 0 Å². The molecule has 0 saturated heterocycles. The molecule has 2 aromatic rings. The molecule has 0 aromatic heterocycles. The van der Waals surface area contributed by atoms with E-state index in [1.165, 1.54) is 4.90 Å². The Morgan fingerprint density at radius 2 is 1.66 bits per heavy atom. The summed E-state index contributed by atoms with van der Waals surface area (Å²) in [6, 6.07) is 7.54. The molecule has 0 aliphatic heterocycles. The number of likely N-dealkylation sites (N-methyl/N-ethyl adjacent to an activating group) is 1. The first-order valence-corrected chi connectivity index (χ1v) is 16.5. The number of urea groups is 1. The number of phenolic OH excluding ortho intramolecular Hbond substituents is 1. The maximum Gasteiger partial charge on any atom is 0.322 e. The number of ketones is 2. The Morgan fingerprint density at radius 1 is 1.04 bits per heavy atom. The molecule has 3 aliphatic carbocycles. The highest BCUT2D eigenvalue weighted by molar-refractivity contribution is 6.24. The second-order valence-electron chi connectivity index (χ2n) is 15.3. The summed E-state index contributed by atoms with van der Waals surface area (Å²) in [6.07, 6.45) is 0.134. The molecule has 4 unspecified atom stereocenters. The van der Waals surface area contributed by atoms with E-state index in [-0.39, 0.29) is 41.7 Å². The SMILES string of the molecule is Cc1ccc(NC(=O)N(Cc2cc(N(C)C)c3c(c2O)C(O)=C2C(=O)C4(O)C(O)=C(C(N)=O)C(=O)C(N(C)C)C4CC2C3)CC(C)(C)C)cc1. The summed E-state index contributed by atoms with van der Waals surface area (Å²) in [5.41, 5.74) is 4.34. The van der Waals surface area contributed by atoms with Gasteiger partial charge in [-0.2, -0.15) is 0 Å². The number of aromatic hydroxyl groups is 1. The maximum atomic E-state index is 14.3. The molecule has 0 radical (unpaired) electrons. The molecule has 0 heterocycles. The number of primary amides is 1. The van der Waals surface area contributed by atoms with Crippen molar-refractivity contribution in [1.29, 1.82) is 0 Å². The summed E-state index contributed by atoms with van der Waals surface area (Å²) in [5, 5.41) is 49.8. The highest BCUT2D eigenvalue weighted by Crippen LogP contribution is 2.54. The number of nitrogens with zero attached hydrogens (tertiary/aromatic N) is 3. The summed E-state index contributed by atoms with van der Waals surface area (Å²) in [6.45, 7) is 8.13. The molecule has 13 nitrogen and oxygen atoms in total. The number of rotatable bonds is 7. The summed E-state index contributed by atoms with van der Waals surface area (Å²) in [5.74, 6) is -7.14. The number of amides is 3. The Hall–Kier alpha value is -4.88. The smallest absolute Gasteiger partial charge is 0.322 e. The van der Waals surface area contributed by atoms with Crippen molar-refractivity contribution < 1.29 is 39.6 Å². The number of fused-ring (bicyclic) bond motifs is 3. The Labute approximate surface area is 291 Å².